The van der Waals surface area contributed by atoms with Gasteiger partial charge >= 0.3 is 0 Å². The Morgan fingerprint density at radius 2 is 1.84 bits per heavy atom. The van der Waals surface area contributed by atoms with Crippen molar-refractivity contribution in [1.29, 1.82) is 5.26 Å². The van der Waals surface area contributed by atoms with E-state index in [4.69, 9.17) is 5.26 Å². The maximum atomic E-state index is 8.98. The second-order valence-electron chi connectivity index (χ2n) is 5.35. The number of hydrogen-bond donors (Lipinski definition) is 1. The van der Waals surface area contributed by atoms with Crippen LogP contribution in [0.15, 0.2) is 36.8 Å². The smallest absolute Gasteiger partial charge is 0.151 e. The quantitative estimate of drug-likeness (QED) is 0.889. The van der Waals surface area contributed by atoms with E-state index in [9.17, 15) is 0 Å². The molecule has 2 aromatic rings. The normalized spacial score (nSPS) is 10.8. The average molecular weight is 252 g/mol. The van der Waals surface area contributed by atoms with Crippen molar-refractivity contribution in [3.05, 3.63) is 47.9 Å². The molecule has 19 heavy (non-hydrogen) atoms. The van der Waals surface area contributed by atoms with Gasteiger partial charge in [0.2, 0.25) is 0 Å². The molecule has 0 amide bonds. The predicted octanol–water partition coefficient (Wildman–Crippen LogP) is 3.39. The van der Waals surface area contributed by atoms with Crippen LogP contribution in [-0.4, -0.2) is 9.97 Å². The largest absolute Gasteiger partial charge is 0.339 e. The Balaban J connectivity index is 2.23. The lowest BCUT2D eigenvalue weighted by Crippen LogP contribution is -2.10. The third-order valence-electron chi connectivity index (χ3n) is 2.85. The van der Waals surface area contributed by atoms with Crippen LogP contribution >= 0.6 is 0 Å². The van der Waals surface area contributed by atoms with E-state index in [1.54, 1.807) is 0 Å². The fourth-order valence-electron chi connectivity index (χ4n) is 1.70. The van der Waals surface area contributed by atoms with Crippen molar-refractivity contribution in [2.75, 3.05) is 5.32 Å². The van der Waals surface area contributed by atoms with Gasteiger partial charge in [0, 0.05) is 5.69 Å². The first-order valence-corrected chi connectivity index (χ1v) is 6.08. The van der Waals surface area contributed by atoms with E-state index >= 15 is 0 Å². The molecule has 0 aliphatic heterocycles. The third-order valence-corrected chi connectivity index (χ3v) is 2.85. The Kier molecular flexibility index (Phi) is 3.48. The van der Waals surface area contributed by atoms with E-state index in [-0.39, 0.29) is 5.41 Å². The molecule has 0 atom stereocenters. The summed E-state index contributed by atoms with van der Waals surface area (Å²) in [4.78, 5) is 7.90. The van der Waals surface area contributed by atoms with E-state index < -0.39 is 0 Å². The fraction of sp³-hybridized carbons (Fsp3) is 0.267. The van der Waals surface area contributed by atoms with Gasteiger partial charge in [0.25, 0.3) is 0 Å². The first kappa shape index (κ1) is 13.0. The molecule has 0 saturated heterocycles. The van der Waals surface area contributed by atoms with Gasteiger partial charge in [-0.2, -0.15) is 5.26 Å². The van der Waals surface area contributed by atoms with Crippen molar-refractivity contribution >= 4 is 11.5 Å². The Morgan fingerprint density at radius 3 is 2.42 bits per heavy atom. The summed E-state index contributed by atoms with van der Waals surface area (Å²) >= 11 is 0. The fourth-order valence-corrected chi connectivity index (χ4v) is 1.70. The Labute approximate surface area is 113 Å². The summed E-state index contributed by atoms with van der Waals surface area (Å²) in [5.41, 5.74) is 2.73. The van der Waals surface area contributed by atoms with Crippen molar-refractivity contribution < 1.29 is 0 Å². The van der Waals surface area contributed by atoms with E-state index in [1.807, 2.05) is 12.1 Å². The van der Waals surface area contributed by atoms with Crippen molar-refractivity contribution in [2.45, 2.75) is 26.2 Å². The van der Waals surface area contributed by atoms with Gasteiger partial charge in [-0.05, 0) is 23.1 Å². The minimum absolute atomic E-state index is 0.130. The molecular weight excluding hydrogens is 236 g/mol. The molecular formula is C15H16N4. The summed E-state index contributed by atoms with van der Waals surface area (Å²) in [6.45, 7) is 6.52. The van der Waals surface area contributed by atoms with Crippen LogP contribution in [0.3, 0.4) is 0 Å². The van der Waals surface area contributed by atoms with Crippen molar-refractivity contribution in [2.24, 2.45) is 0 Å². The van der Waals surface area contributed by atoms with Crippen LogP contribution in [0.2, 0.25) is 0 Å². The molecule has 0 fully saturated rings. The minimum Gasteiger partial charge on any atom is -0.339 e. The van der Waals surface area contributed by atoms with Gasteiger partial charge in [-0.3, -0.25) is 0 Å². The van der Waals surface area contributed by atoms with E-state index in [2.05, 4.69) is 54.3 Å². The number of rotatable bonds is 2. The number of hydrogen-bond acceptors (Lipinski definition) is 4. The molecule has 0 unspecified atom stereocenters. The summed E-state index contributed by atoms with van der Waals surface area (Å²) in [7, 11) is 0. The summed E-state index contributed by atoms with van der Waals surface area (Å²) in [6, 6.07) is 10.2. The van der Waals surface area contributed by atoms with Crippen LogP contribution in [0.25, 0.3) is 0 Å². The summed E-state index contributed by atoms with van der Waals surface area (Å²) in [6.07, 6.45) is 2.92. The first-order valence-electron chi connectivity index (χ1n) is 6.08. The minimum atomic E-state index is 0.130. The highest BCUT2D eigenvalue weighted by atomic mass is 15.0. The number of nitriles is 1. The number of benzene rings is 1. The van der Waals surface area contributed by atoms with E-state index in [0.717, 1.165) is 5.69 Å². The zero-order valence-corrected chi connectivity index (χ0v) is 11.3. The summed E-state index contributed by atoms with van der Waals surface area (Å²) < 4.78 is 0. The van der Waals surface area contributed by atoms with Crippen LogP contribution in [0.4, 0.5) is 11.5 Å². The van der Waals surface area contributed by atoms with Gasteiger partial charge in [-0.1, -0.05) is 32.9 Å². The van der Waals surface area contributed by atoms with Gasteiger partial charge < -0.3 is 5.32 Å². The van der Waals surface area contributed by atoms with Crippen LogP contribution in [-0.2, 0) is 5.41 Å². The number of nitrogens with zero attached hydrogens (tertiary/aromatic N) is 3. The number of nitrogens with one attached hydrogen (secondary N) is 1. The zero-order valence-electron chi connectivity index (χ0n) is 11.3. The van der Waals surface area contributed by atoms with Crippen molar-refractivity contribution in [1.82, 2.24) is 9.97 Å². The average Bonchev–Trinajstić information content (AvgIpc) is 2.39. The summed E-state index contributed by atoms with van der Waals surface area (Å²) in [5, 5.41) is 12.1. The Bertz CT molecular complexity index is 603. The molecule has 0 spiro atoms. The van der Waals surface area contributed by atoms with E-state index in [0.29, 0.717) is 11.4 Å². The lowest BCUT2D eigenvalue weighted by atomic mass is 9.87. The van der Waals surface area contributed by atoms with Crippen molar-refractivity contribution in [3.8, 4) is 6.07 Å². The van der Waals surface area contributed by atoms with Gasteiger partial charge in [-0.25, -0.2) is 9.97 Å². The standard InChI is InChI=1S/C15H16N4/c1-15(2,3)12-4-6-13(7-5-12)19-14-11(8-16)9-17-10-18-14/h4-7,9-10H,1-3H3,(H,17,18,19). The van der Waals surface area contributed by atoms with Gasteiger partial charge in [-0.15, -0.1) is 0 Å². The maximum absolute atomic E-state index is 8.98. The molecule has 1 aromatic heterocycles. The van der Waals surface area contributed by atoms with Crippen molar-refractivity contribution in [3.63, 3.8) is 0 Å². The second kappa shape index (κ2) is 5.07. The monoisotopic (exact) mass is 252 g/mol. The SMILES string of the molecule is CC(C)(C)c1ccc(Nc2ncncc2C#N)cc1. The Morgan fingerprint density at radius 1 is 1.16 bits per heavy atom. The van der Waals surface area contributed by atoms with Gasteiger partial charge in [0.05, 0.1) is 6.20 Å². The van der Waals surface area contributed by atoms with E-state index in [1.165, 1.54) is 18.1 Å². The lowest BCUT2D eigenvalue weighted by molar-refractivity contribution is 0.590. The molecule has 1 aromatic carbocycles. The maximum Gasteiger partial charge on any atom is 0.151 e. The molecule has 0 radical (unpaired) electrons. The number of aromatic nitrogens is 2. The highest BCUT2D eigenvalue weighted by molar-refractivity contribution is 5.62. The van der Waals surface area contributed by atoms with Crippen LogP contribution in [0.5, 0.6) is 0 Å². The molecule has 2 rings (SSSR count). The van der Waals surface area contributed by atoms with Crippen LogP contribution in [0.1, 0.15) is 31.9 Å². The number of anilines is 2. The highest BCUT2D eigenvalue weighted by Crippen LogP contribution is 2.24. The third kappa shape index (κ3) is 3.08. The molecule has 1 N–H and O–H groups in total. The highest BCUT2D eigenvalue weighted by Gasteiger charge is 2.13. The lowest BCUT2D eigenvalue weighted by Gasteiger charge is -2.19. The van der Waals surface area contributed by atoms with Gasteiger partial charge in [0.1, 0.15) is 18.0 Å². The predicted molar refractivity (Wildman–Crippen MR) is 75.2 cm³/mol. The molecule has 0 aliphatic rings. The molecule has 0 saturated carbocycles. The van der Waals surface area contributed by atoms with Crippen LogP contribution in [0, 0.1) is 11.3 Å². The Hall–Kier alpha value is -2.41. The molecule has 4 nitrogen and oxygen atoms in total. The summed E-state index contributed by atoms with van der Waals surface area (Å²) in [5.74, 6) is 0.529. The molecule has 4 heteroatoms. The molecule has 96 valence electrons. The topological polar surface area (TPSA) is 61.6 Å². The van der Waals surface area contributed by atoms with Crippen LogP contribution < -0.4 is 5.32 Å². The molecule has 0 aliphatic carbocycles. The molecule has 0 bridgehead atoms. The molecule has 1 heterocycles. The van der Waals surface area contributed by atoms with Gasteiger partial charge in [0.15, 0.2) is 5.82 Å². The first-order chi connectivity index (χ1) is 9.00. The zero-order chi connectivity index (χ0) is 13.9. The second-order valence-corrected chi connectivity index (χ2v) is 5.35.